The minimum Gasteiger partial charge on any atom is -0.371 e. The Morgan fingerprint density at radius 2 is 1.80 bits per heavy atom. The average molecular weight is 417 g/mol. The maximum atomic E-state index is 13.8. The van der Waals surface area contributed by atoms with E-state index in [1.54, 1.807) is 17.0 Å². The molecule has 0 bridgehead atoms. The fourth-order valence-electron chi connectivity index (χ4n) is 3.75. The van der Waals surface area contributed by atoms with Gasteiger partial charge in [-0.05, 0) is 49.6 Å². The van der Waals surface area contributed by atoms with Crippen molar-refractivity contribution in [1.29, 1.82) is 0 Å². The van der Waals surface area contributed by atoms with Crippen LogP contribution in [0.5, 0.6) is 0 Å². The molecule has 160 valence electrons. The van der Waals surface area contributed by atoms with Gasteiger partial charge >= 0.3 is 6.18 Å². The number of carbonyl (C=O) groups is 1. The molecule has 0 aromatic heterocycles. The highest BCUT2D eigenvalue weighted by molar-refractivity contribution is 6.32. The second kappa shape index (κ2) is 8.81. The highest BCUT2D eigenvalue weighted by Gasteiger charge is 2.35. The average Bonchev–Trinajstić information content (AvgIpc) is 3.02. The molecule has 1 heterocycles. The number of halogens is 3. The largest absolute Gasteiger partial charge is 0.418 e. The molecule has 3 rings (SSSR count). The third-order valence-corrected chi connectivity index (χ3v) is 5.05. The summed E-state index contributed by atoms with van der Waals surface area (Å²) in [4.78, 5) is 14.1. The quantitative estimate of drug-likeness (QED) is 0.540. The van der Waals surface area contributed by atoms with E-state index in [4.69, 9.17) is 0 Å². The van der Waals surface area contributed by atoms with Gasteiger partial charge in [0.25, 0.3) is 5.91 Å². The van der Waals surface area contributed by atoms with Crippen molar-refractivity contribution in [2.75, 3.05) is 28.6 Å². The van der Waals surface area contributed by atoms with Crippen LogP contribution in [0.4, 0.5) is 30.2 Å². The number of amides is 1. The van der Waals surface area contributed by atoms with Gasteiger partial charge in [0.15, 0.2) is 0 Å². The number of anilines is 3. The lowest BCUT2D eigenvalue weighted by atomic mass is 10.0. The molecule has 0 fully saturated rings. The van der Waals surface area contributed by atoms with E-state index in [-0.39, 0.29) is 17.3 Å². The number of aryl methyl sites for hydroxylation is 1. The standard InChI is InChI=1S/C23H26F3N3O/c1-4-11-29(12-5-2)20-10-9-16(13-18(20)23(24,25)26)27-14-17-21-15(3)7-6-8-19(21)28-22(17)30/h6-10,13-14,27H,4-5,11-12H2,1-3H3,(H,28,30). The zero-order valence-electron chi connectivity index (χ0n) is 17.4. The molecule has 2 aromatic rings. The highest BCUT2D eigenvalue weighted by atomic mass is 19.4. The molecule has 2 aromatic carbocycles. The maximum Gasteiger partial charge on any atom is 0.418 e. The van der Waals surface area contributed by atoms with Crippen LogP contribution in [0.2, 0.25) is 0 Å². The molecule has 7 heteroatoms. The molecule has 30 heavy (non-hydrogen) atoms. The number of alkyl halides is 3. The maximum absolute atomic E-state index is 13.8. The molecule has 1 aliphatic heterocycles. The molecule has 1 amide bonds. The van der Waals surface area contributed by atoms with E-state index in [0.29, 0.717) is 24.4 Å². The summed E-state index contributed by atoms with van der Waals surface area (Å²) in [7, 11) is 0. The normalized spacial score (nSPS) is 14.6. The zero-order chi connectivity index (χ0) is 21.9. The molecule has 0 atom stereocenters. The molecule has 1 aliphatic rings. The Balaban J connectivity index is 1.95. The SMILES string of the molecule is CCCN(CCC)c1ccc(NC=C2C(=O)Nc3cccc(C)c32)cc1C(F)(F)F. The molecule has 0 saturated heterocycles. The van der Waals surface area contributed by atoms with Crippen molar-refractivity contribution in [1.82, 2.24) is 0 Å². The lowest BCUT2D eigenvalue weighted by Gasteiger charge is -2.27. The number of benzene rings is 2. The van der Waals surface area contributed by atoms with Crippen LogP contribution >= 0.6 is 0 Å². The van der Waals surface area contributed by atoms with Crippen molar-refractivity contribution in [3.63, 3.8) is 0 Å². The van der Waals surface area contributed by atoms with Gasteiger partial charge in [-0.2, -0.15) is 13.2 Å². The van der Waals surface area contributed by atoms with Crippen molar-refractivity contribution in [3.05, 3.63) is 59.3 Å². The first kappa shape index (κ1) is 21.7. The topological polar surface area (TPSA) is 44.4 Å². The van der Waals surface area contributed by atoms with Gasteiger partial charge in [0.05, 0.1) is 11.1 Å². The Labute approximate surface area is 174 Å². The lowest BCUT2D eigenvalue weighted by Crippen LogP contribution is -2.27. The smallest absolute Gasteiger partial charge is 0.371 e. The first-order valence-corrected chi connectivity index (χ1v) is 10.1. The van der Waals surface area contributed by atoms with Crippen LogP contribution in [0, 0.1) is 6.92 Å². The van der Waals surface area contributed by atoms with Gasteiger partial charge in [-0.15, -0.1) is 0 Å². The summed E-state index contributed by atoms with van der Waals surface area (Å²) >= 11 is 0. The fraction of sp³-hybridized carbons (Fsp3) is 0.348. The van der Waals surface area contributed by atoms with Crippen molar-refractivity contribution >= 4 is 28.5 Å². The van der Waals surface area contributed by atoms with Crippen molar-refractivity contribution < 1.29 is 18.0 Å². The Morgan fingerprint density at radius 1 is 1.10 bits per heavy atom. The zero-order valence-corrected chi connectivity index (χ0v) is 17.4. The summed E-state index contributed by atoms with van der Waals surface area (Å²) in [6, 6.07) is 9.76. The van der Waals surface area contributed by atoms with Gasteiger partial charge in [0.2, 0.25) is 0 Å². The van der Waals surface area contributed by atoms with Crippen molar-refractivity contribution in [2.24, 2.45) is 0 Å². The summed E-state index contributed by atoms with van der Waals surface area (Å²) in [6.45, 7) is 6.91. The van der Waals surface area contributed by atoms with Gasteiger partial charge in [-0.3, -0.25) is 4.79 Å². The van der Waals surface area contributed by atoms with Crippen LogP contribution in [0.1, 0.15) is 43.4 Å². The van der Waals surface area contributed by atoms with Gasteiger partial charge in [0, 0.05) is 41.9 Å². The van der Waals surface area contributed by atoms with E-state index >= 15 is 0 Å². The summed E-state index contributed by atoms with van der Waals surface area (Å²) in [5.74, 6) is -0.281. The van der Waals surface area contributed by atoms with Gasteiger partial charge in [-0.25, -0.2) is 0 Å². The lowest BCUT2D eigenvalue weighted by molar-refractivity contribution is -0.137. The molecule has 2 N–H and O–H groups in total. The molecule has 0 spiro atoms. The first-order chi connectivity index (χ1) is 14.3. The molecule has 4 nitrogen and oxygen atoms in total. The minimum absolute atomic E-state index is 0.184. The molecular weight excluding hydrogens is 391 g/mol. The Hall–Kier alpha value is -2.96. The van der Waals surface area contributed by atoms with Crippen LogP contribution in [0.25, 0.3) is 5.57 Å². The molecule has 0 aliphatic carbocycles. The van der Waals surface area contributed by atoms with Crippen LogP contribution in [-0.4, -0.2) is 19.0 Å². The highest BCUT2D eigenvalue weighted by Crippen LogP contribution is 2.39. The molecule has 0 radical (unpaired) electrons. The molecule has 0 saturated carbocycles. The predicted molar refractivity (Wildman–Crippen MR) is 116 cm³/mol. The van der Waals surface area contributed by atoms with Crippen LogP contribution in [0.3, 0.4) is 0 Å². The third kappa shape index (κ3) is 4.45. The van der Waals surface area contributed by atoms with Gasteiger partial charge in [-0.1, -0.05) is 26.0 Å². The van der Waals surface area contributed by atoms with E-state index in [9.17, 15) is 18.0 Å². The van der Waals surface area contributed by atoms with Gasteiger partial charge < -0.3 is 15.5 Å². The number of hydrogen-bond donors (Lipinski definition) is 2. The first-order valence-electron chi connectivity index (χ1n) is 10.1. The predicted octanol–water partition coefficient (Wildman–Crippen LogP) is 6.05. The Morgan fingerprint density at radius 3 is 2.43 bits per heavy atom. The monoisotopic (exact) mass is 417 g/mol. The van der Waals surface area contributed by atoms with E-state index in [1.165, 1.54) is 12.3 Å². The number of fused-ring (bicyclic) bond motifs is 1. The number of carbonyl (C=O) groups excluding carboxylic acids is 1. The minimum atomic E-state index is -4.48. The second-order valence-corrected chi connectivity index (χ2v) is 7.37. The Kier molecular flexibility index (Phi) is 6.39. The fourth-order valence-corrected chi connectivity index (χ4v) is 3.75. The van der Waals surface area contributed by atoms with Crippen LogP contribution < -0.4 is 15.5 Å². The van der Waals surface area contributed by atoms with E-state index < -0.39 is 11.7 Å². The Bertz CT molecular complexity index is 961. The number of nitrogens with one attached hydrogen (secondary N) is 2. The van der Waals surface area contributed by atoms with Gasteiger partial charge in [0.1, 0.15) is 0 Å². The van der Waals surface area contributed by atoms with E-state index in [2.05, 4.69) is 10.6 Å². The van der Waals surface area contributed by atoms with Crippen LogP contribution in [-0.2, 0) is 11.0 Å². The number of nitrogens with zero attached hydrogens (tertiary/aromatic N) is 1. The summed E-state index contributed by atoms with van der Waals surface area (Å²) in [5, 5.41) is 5.66. The second-order valence-electron chi connectivity index (χ2n) is 7.37. The van der Waals surface area contributed by atoms with E-state index in [1.807, 2.05) is 32.9 Å². The van der Waals surface area contributed by atoms with Crippen LogP contribution in [0.15, 0.2) is 42.6 Å². The van der Waals surface area contributed by atoms with Crippen molar-refractivity contribution in [3.8, 4) is 0 Å². The number of hydrogen-bond acceptors (Lipinski definition) is 3. The molecular formula is C23H26F3N3O. The third-order valence-electron chi connectivity index (χ3n) is 5.05. The molecule has 0 unspecified atom stereocenters. The number of rotatable bonds is 7. The van der Waals surface area contributed by atoms with E-state index in [0.717, 1.165) is 30.0 Å². The van der Waals surface area contributed by atoms with Crippen molar-refractivity contribution in [2.45, 2.75) is 39.8 Å². The summed E-state index contributed by atoms with van der Waals surface area (Å²) in [6.07, 6.45) is -1.48. The summed E-state index contributed by atoms with van der Waals surface area (Å²) < 4.78 is 41.4. The summed E-state index contributed by atoms with van der Waals surface area (Å²) in [5.41, 5.74) is 2.57.